The Balaban J connectivity index is 0.769. The predicted octanol–water partition coefficient (Wildman–Crippen LogP) is 7.67. The molecule has 65 heavy (non-hydrogen) atoms. The van der Waals surface area contributed by atoms with E-state index in [9.17, 15) is 4.79 Å². The van der Waals surface area contributed by atoms with E-state index in [4.69, 9.17) is 56.8 Å². The Kier molecular flexibility index (Phi) is 31.1. The van der Waals surface area contributed by atoms with Crippen LogP contribution in [0.25, 0.3) is 11.1 Å². The molecule has 0 saturated carbocycles. The van der Waals surface area contributed by atoms with Crippen LogP contribution in [0.3, 0.4) is 0 Å². The highest BCUT2D eigenvalue weighted by Crippen LogP contribution is 2.44. The number of benzene rings is 3. The normalized spacial score (nSPS) is 12.1. The van der Waals surface area contributed by atoms with Gasteiger partial charge in [-0.3, -0.25) is 0 Å². The highest BCUT2D eigenvalue weighted by molar-refractivity contribution is 5.79. The molecule has 0 unspecified atom stereocenters. The van der Waals surface area contributed by atoms with Crippen LogP contribution < -0.4 is 10.1 Å². The van der Waals surface area contributed by atoms with E-state index in [-0.39, 0.29) is 12.5 Å². The van der Waals surface area contributed by atoms with Crippen molar-refractivity contribution in [1.29, 1.82) is 0 Å². The van der Waals surface area contributed by atoms with Crippen molar-refractivity contribution < 1.29 is 61.6 Å². The van der Waals surface area contributed by atoms with Gasteiger partial charge < -0.3 is 62.2 Å². The summed E-state index contributed by atoms with van der Waals surface area (Å²) in [5.74, 6) is 0.916. The lowest BCUT2D eigenvalue weighted by atomic mass is 9.98. The Hall–Kier alpha value is -3.67. The van der Waals surface area contributed by atoms with Crippen LogP contribution in [-0.4, -0.2) is 158 Å². The van der Waals surface area contributed by atoms with Crippen molar-refractivity contribution in [3.8, 4) is 16.9 Å². The van der Waals surface area contributed by atoms with Crippen molar-refractivity contribution in [2.75, 3.05) is 152 Å². The monoisotopic (exact) mass is 912 g/mol. The van der Waals surface area contributed by atoms with E-state index in [1.165, 1.54) is 66.3 Å². The molecule has 1 aliphatic carbocycles. The first-order valence-electron chi connectivity index (χ1n) is 23.8. The first-order valence-corrected chi connectivity index (χ1v) is 23.8. The van der Waals surface area contributed by atoms with Gasteiger partial charge in [-0.25, -0.2) is 4.79 Å². The lowest BCUT2D eigenvalue weighted by molar-refractivity contribution is -0.0266. The molecular formula is C51H77NO13. The van der Waals surface area contributed by atoms with E-state index in [0.717, 1.165) is 12.2 Å². The smallest absolute Gasteiger partial charge is 0.407 e. The van der Waals surface area contributed by atoms with Gasteiger partial charge in [0, 0.05) is 12.5 Å². The van der Waals surface area contributed by atoms with Crippen molar-refractivity contribution in [3.05, 3.63) is 89.5 Å². The molecule has 0 radical (unpaired) electrons. The number of carbonyl (C=O) groups is 1. The van der Waals surface area contributed by atoms with Gasteiger partial charge in [-0.1, -0.05) is 99.7 Å². The number of rotatable bonds is 43. The fraction of sp³-hybridized carbons (Fsp3) is 0.627. The summed E-state index contributed by atoms with van der Waals surface area (Å²) < 4.78 is 66.8. The van der Waals surface area contributed by atoms with Gasteiger partial charge in [-0.15, -0.1) is 0 Å². The van der Waals surface area contributed by atoms with Crippen molar-refractivity contribution in [3.63, 3.8) is 0 Å². The Morgan fingerprint density at radius 2 is 0.831 bits per heavy atom. The molecule has 0 aromatic heterocycles. The number of nitrogens with one attached hydrogen (secondary N) is 1. The lowest BCUT2D eigenvalue weighted by Gasteiger charge is -2.14. The maximum Gasteiger partial charge on any atom is 0.407 e. The predicted molar refractivity (Wildman–Crippen MR) is 250 cm³/mol. The summed E-state index contributed by atoms with van der Waals surface area (Å²) in [5, 5.41) is 2.75. The van der Waals surface area contributed by atoms with Crippen LogP contribution in [-0.2, 0) is 58.5 Å². The number of fused-ring (bicyclic) bond motifs is 3. The van der Waals surface area contributed by atoms with E-state index < -0.39 is 6.09 Å². The van der Waals surface area contributed by atoms with Crippen LogP contribution in [0.5, 0.6) is 5.75 Å². The minimum absolute atomic E-state index is 0.0351. The summed E-state index contributed by atoms with van der Waals surface area (Å²) in [6, 6.07) is 25.0. The number of alkyl carbamates (subject to hydrolysis) is 1. The summed E-state index contributed by atoms with van der Waals surface area (Å²) in [5.41, 5.74) is 6.15. The molecule has 1 N–H and O–H groups in total. The van der Waals surface area contributed by atoms with Gasteiger partial charge in [0.05, 0.1) is 132 Å². The van der Waals surface area contributed by atoms with Crippen molar-refractivity contribution in [2.45, 2.75) is 57.8 Å². The first kappa shape index (κ1) is 53.9. The second-order valence-electron chi connectivity index (χ2n) is 15.4. The van der Waals surface area contributed by atoms with Gasteiger partial charge >= 0.3 is 6.09 Å². The SMILES string of the molecule is CCCCCCCCc1ccc(OCCOCCOCCOCCOCCOCCOCCOCCOCCOCCOCCNC(=O)OCC2c3ccccc3-c3ccccc32)cc1. The number of hydrogen-bond acceptors (Lipinski definition) is 13. The first-order chi connectivity index (χ1) is 32.3. The van der Waals surface area contributed by atoms with Crippen molar-refractivity contribution in [1.82, 2.24) is 5.32 Å². The Morgan fingerprint density at radius 1 is 0.446 bits per heavy atom. The third kappa shape index (κ3) is 25.2. The molecule has 0 atom stereocenters. The van der Waals surface area contributed by atoms with Crippen LogP contribution in [0.2, 0.25) is 0 Å². The molecule has 0 fully saturated rings. The highest BCUT2D eigenvalue weighted by Gasteiger charge is 2.29. The Morgan fingerprint density at radius 3 is 1.28 bits per heavy atom. The van der Waals surface area contributed by atoms with Crippen LogP contribution in [0.1, 0.15) is 68.1 Å². The standard InChI is InChI=1S/C51H77NO13/c1-2-3-4-5-6-7-12-44-17-19-45(20-18-44)64-42-41-63-40-39-62-38-37-61-36-35-60-34-33-59-32-31-58-30-29-57-28-27-56-26-25-55-24-23-54-22-21-52-51(53)65-43-50-48-15-10-8-13-46(48)47-14-9-11-16-49(47)50/h8-11,13-20,50H,2-7,12,21-43H2,1H3,(H,52,53). The van der Waals surface area contributed by atoms with E-state index >= 15 is 0 Å². The fourth-order valence-corrected chi connectivity index (χ4v) is 7.04. The second kappa shape index (κ2) is 37.4. The Labute approximate surface area is 388 Å². The number of aryl methyl sites for hydroxylation is 1. The molecule has 14 heteroatoms. The zero-order chi connectivity index (χ0) is 45.5. The third-order valence-electron chi connectivity index (χ3n) is 10.4. The highest BCUT2D eigenvalue weighted by atomic mass is 16.6. The van der Waals surface area contributed by atoms with Gasteiger partial charge in [0.25, 0.3) is 0 Å². The number of ether oxygens (including phenoxy) is 12. The van der Waals surface area contributed by atoms with E-state index in [2.05, 4.69) is 48.6 Å². The van der Waals surface area contributed by atoms with Crippen LogP contribution >= 0.6 is 0 Å². The molecule has 0 bridgehead atoms. The lowest BCUT2D eigenvalue weighted by Crippen LogP contribution is -2.29. The minimum atomic E-state index is -0.452. The maximum absolute atomic E-state index is 12.3. The van der Waals surface area contributed by atoms with Crippen LogP contribution in [0.4, 0.5) is 4.79 Å². The fourth-order valence-electron chi connectivity index (χ4n) is 7.04. The van der Waals surface area contributed by atoms with E-state index in [0.29, 0.717) is 145 Å². The molecule has 3 aromatic rings. The summed E-state index contributed by atoms with van der Waals surface area (Å²) in [6.45, 7) is 13.1. The zero-order valence-electron chi connectivity index (χ0n) is 39.0. The molecule has 0 aliphatic heterocycles. The number of carbonyl (C=O) groups excluding carboxylic acids is 1. The average molecular weight is 912 g/mol. The largest absolute Gasteiger partial charge is 0.491 e. The number of unbranched alkanes of at least 4 members (excludes halogenated alkanes) is 5. The average Bonchev–Trinajstić information content (AvgIpc) is 3.65. The van der Waals surface area contributed by atoms with Gasteiger partial charge in [-0.2, -0.15) is 0 Å². The second-order valence-corrected chi connectivity index (χ2v) is 15.4. The summed E-state index contributed by atoms with van der Waals surface area (Å²) in [6.07, 6.45) is 8.61. The zero-order valence-corrected chi connectivity index (χ0v) is 39.0. The molecule has 4 rings (SSSR count). The molecule has 1 aliphatic rings. The summed E-state index contributed by atoms with van der Waals surface area (Å²) in [4.78, 5) is 12.3. The summed E-state index contributed by atoms with van der Waals surface area (Å²) >= 11 is 0. The molecule has 0 spiro atoms. The number of hydrogen-bond donors (Lipinski definition) is 1. The van der Waals surface area contributed by atoms with E-state index in [1.54, 1.807) is 0 Å². The topological polar surface area (TPSA) is 140 Å². The maximum atomic E-state index is 12.3. The molecule has 0 saturated heterocycles. The van der Waals surface area contributed by atoms with E-state index in [1.807, 2.05) is 36.4 Å². The van der Waals surface area contributed by atoms with Gasteiger partial charge in [0.1, 0.15) is 19.0 Å². The number of amides is 1. The Bertz CT molecular complexity index is 1550. The van der Waals surface area contributed by atoms with Gasteiger partial charge in [0.2, 0.25) is 0 Å². The molecule has 0 heterocycles. The molecule has 3 aromatic carbocycles. The molecule has 1 amide bonds. The molecule has 14 nitrogen and oxygen atoms in total. The summed E-state index contributed by atoms with van der Waals surface area (Å²) in [7, 11) is 0. The third-order valence-corrected chi connectivity index (χ3v) is 10.4. The van der Waals surface area contributed by atoms with Crippen LogP contribution in [0, 0.1) is 0 Å². The minimum Gasteiger partial charge on any atom is -0.491 e. The quantitative estimate of drug-likeness (QED) is 0.0556. The van der Waals surface area contributed by atoms with Gasteiger partial charge in [-0.05, 0) is 52.8 Å². The van der Waals surface area contributed by atoms with Gasteiger partial charge in [0.15, 0.2) is 0 Å². The van der Waals surface area contributed by atoms with Crippen molar-refractivity contribution in [2.24, 2.45) is 0 Å². The molecule has 364 valence electrons. The molecular weight excluding hydrogens is 835 g/mol. The van der Waals surface area contributed by atoms with Crippen molar-refractivity contribution >= 4 is 6.09 Å². The van der Waals surface area contributed by atoms with Crippen LogP contribution in [0.15, 0.2) is 72.8 Å².